The molecule has 0 atom stereocenters. The first-order chi connectivity index (χ1) is 12.0. The van der Waals surface area contributed by atoms with Crippen LogP contribution in [0.5, 0.6) is 5.75 Å². The maximum absolute atomic E-state index is 5.24. The average molecular weight is 342 g/mol. The van der Waals surface area contributed by atoms with Crippen molar-refractivity contribution in [2.45, 2.75) is 32.7 Å². The summed E-state index contributed by atoms with van der Waals surface area (Å²) in [6.07, 6.45) is 4.14. The van der Waals surface area contributed by atoms with Crippen LogP contribution in [0.2, 0.25) is 0 Å². The van der Waals surface area contributed by atoms with Crippen molar-refractivity contribution >= 4 is 5.96 Å². The molecule has 136 valence electrons. The Hall–Kier alpha value is -2.43. The van der Waals surface area contributed by atoms with Crippen LogP contribution in [-0.2, 0) is 12.0 Å². The van der Waals surface area contributed by atoms with Crippen LogP contribution in [0.3, 0.4) is 0 Å². The Morgan fingerprint density at radius 3 is 2.40 bits per heavy atom. The summed E-state index contributed by atoms with van der Waals surface area (Å²) in [6, 6.07) is 12.3. The largest absolute Gasteiger partial charge is 0.497 e. The molecule has 5 nitrogen and oxygen atoms in total. The number of guanidine groups is 1. The monoisotopic (exact) mass is 342 g/mol. The third-order valence-electron chi connectivity index (χ3n) is 4.18. The molecular weight excluding hydrogens is 312 g/mol. The molecule has 0 spiro atoms. The summed E-state index contributed by atoms with van der Waals surface area (Å²) in [5, 5.41) is 6.71. The molecule has 0 radical (unpaired) electrons. The van der Waals surface area contributed by atoms with Crippen molar-refractivity contribution in [2.75, 3.05) is 26.7 Å². The first-order valence-corrected chi connectivity index (χ1v) is 8.82. The van der Waals surface area contributed by atoms with Crippen molar-refractivity contribution in [1.82, 2.24) is 15.2 Å². The van der Waals surface area contributed by atoms with Crippen LogP contribution in [0.1, 0.15) is 26.3 Å². The van der Waals surface area contributed by atoms with E-state index in [1.165, 1.54) is 5.56 Å². The topological polar surface area (TPSA) is 50.6 Å². The van der Waals surface area contributed by atoms with Gasteiger partial charge in [-0.2, -0.15) is 0 Å². The lowest BCUT2D eigenvalue weighted by Gasteiger charge is -2.24. The van der Waals surface area contributed by atoms with Gasteiger partial charge in [-0.15, -0.1) is 0 Å². The molecule has 0 bridgehead atoms. The summed E-state index contributed by atoms with van der Waals surface area (Å²) in [7, 11) is 1.69. The van der Waals surface area contributed by atoms with Crippen molar-refractivity contribution in [3.63, 3.8) is 0 Å². The van der Waals surface area contributed by atoms with Crippen molar-refractivity contribution in [3.8, 4) is 5.75 Å². The molecule has 25 heavy (non-hydrogen) atoms. The van der Waals surface area contributed by atoms with Gasteiger partial charge in [-0.1, -0.05) is 26.0 Å². The second-order valence-electron chi connectivity index (χ2n) is 6.66. The molecule has 0 aliphatic heterocycles. The van der Waals surface area contributed by atoms with E-state index in [9.17, 15) is 0 Å². The highest BCUT2D eigenvalue weighted by Crippen LogP contribution is 2.25. The van der Waals surface area contributed by atoms with Gasteiger partial charge in [0, 0.05) is 37.4 Å². The van der Waals surface area contributed by atoms with Gasteiger partial charge in [-0.05, 0) is 36.8 Å². The van der Waals surface area contributed by atoms with Gasteiger partial charge in [0.25, 0.3) is 0 Å². The van der Waals surface area contributed by atoms with Crippen molar-refractivity contribution < 1.29 is 4.74 Å². The summed E-state index contributed by atoms with van der Waals surface area (Å²) in [4.78, 5) is 4.78. The van der Waals surface area contributed by atoms with Gasteiger partial charge < -0.3 is 19.9 Å². The van der Waals surface area contributed by atoms with E-state index in [0.29, 0.717) is 6.54 Å². The fourth-order valence-electron chi connectivity index (χ4n) is 2.57. The zero-order valence-electron chi connectivity index (χ0n) is 15.7. The van der Waals surface area contributed by atoms with E-state index < -0.39 is 0 Å². The second-order valence-corrected chi connectivity index (χ2v) is 6.66. The first kappa shape index (κ1) is 18.9. The summed E-state index contributed by atoms with van der Waals surface area (Å²) in [5.74, 6) is 1.74. The molecule has 0 fully saturated rings. The Morgan fingerprint density at radius 1 is 1.12 bits per heavy atom. The number of benzene rings is 1. The lowest BCUT2D eigenvalue weighted by Crippen LogP contribution is -2.39. The average Bonchev–Trinajstić information content (AvgIpc) is 3.13. The standard InChI is InChI=1S/C20H30N4O/c1-5-21-19(22-12-15-24-13-6-7-14-24)23-16-20(2,3)17-8-10-18(25-4)11-9-17/h6-11,13-14H,5,12,15-16H2,1-4H3,(H2,21,22,23). The van der Waals surface area contributed by atoms with Gasteiger partial charge in [0.2, 0.25) is 0 Å². The van der Waals surface area contributed by atoms with E-state index >= 15 is 0 Å². The summed E-state index contributed by atoms with van der Waals surface area (Å²) in [5.41, 5.74) is 1.20. The molecule has 1 heterocycles. The predicted molar refractivity (Wildman–Crippen MR) is 104 cm³/mol. The van der Waals surface area contributed by atoms with Crippen LogP contribution in [0.15, 0.2) is 53.8 Å². The Bertz CT molecular complexity index is 645. The van der Waals surface area contributed by atoms with Crippen LogP contribution in [0.25, 0.3) is 0 Å². The van der Waals surface area contributed by atoms with E-state index in [4.69, 9.17) is 9.73 Å². The summed E-state index contributed by atoms with van der Waals surface area (Å²) >= 11 is 0. The molecule has 5 heteroatoms. The van der Waals surface area contributed by atoms with Gasteiger partial charge in [0.05, 0.1) is 13.7 Å². The number of nitrogens with one attached hydrogen (secondary N) is 2. The molecule has 1 aromatic heterocycles. The van der Waals surface area contributed by atoms with E-state index in [1.54, 1.807) is 7.11 Å². The fraction of sp³-hybridized carbons (Fsp3) is 0.450. The molecule has 0 unspecified atom stereocenters. The second kappa shape index (κ2) is 9.16. The zero-order chi connectivity index (χ0) is 18.1. The lowest BCUT2D eigenvalue weighted by molar-refractivity contribution is 0.414. The van der Waals surface area contributed by atoms with Crippen LogP contribution in [0.4, 0.5) is 0 Å². The Kier molecular flexibility index (Phi) is 6.92. The molecule has 1 aromatic carbocycles. The number of rotatable bonds is 8. The molecule has 2 rings (SSSR count). The van der Waals surface area contributed by atoms with E-state index in [0.717, 1.165) is 31.3 Å². The smallest absolute Gasteiger partial charge is 0.191 e. The minimum Gasteiger partial charge on any atom is -0.497 e. The van der Waals surface area contributed by atoms with Crippen LogP contribution in [0, 0.1) is 0 Å². The van der Waals surface area contributed by atoms with Gasteiger partial charge in [-0.3, -0.25) is 4.99 Å². The van der Waals surface area contributed by atoms with E-state index in [-0.39, 0.29) is 5.41 Å². The van der Waals surface area contributed by atoms with Crippen molar-refractivity contribution in [1.29, 1.82) is 0 Å². The number of methoxy groups -OCH3 is 1. The van der Waals surface area contributed by atoms with Crippen LogP contribution < -0.4 is 15.4 Å². The van der Waals surface area contributed by atoms with Gasteiger partial charge in [0.1, 0.15) is 5.75 Å². The number of hydrogen-bond donors (Lipinski definition) is 2. The Morgan fingerprint density at radius 2 is 1.80 bits per heavy atom. The Balaban J connectivity index is 1.95. The third kappa shape index (κ3) is 5.85. The molecule has 2 aromatic rings. The highest BCUT2D eigenvalue weighted by atomic mass is 16.5. The molecule has 0 saturated heterocycles. The number of aromatic nitrogens is 1. The number of nitrogens with zero attached hydrogens (tertiary/aromatic N) is 2. The highest BCUT2D eigenvalue weighted by Gasteiger charge is 2.20. The van der Waals surface area contributed by atoms with E-state index in [1.807, 2.05) is 24.3 Å². The van der Waals surface area contributed by atoms with Crippen LogP contribution >= 0.6 is 0 Å². The minimum absolute atomic E-state index is 0.0466. The molecule has 0 aliphatic carbocycles. The van der Waals surface area contributed by atoms with E-state index in [2.05, 4.69) is 60.5 Å². The molecular formula is C20H30N4O. The molecule has 2 N–H and O–H groups in total. The van der Waals surface area contributed by atoms with Crippen molar-refractivity contribution in [3.05, 3.63) is 54.4 Å². The Labute approximate surface area is 151 Å². The van der Waals surface area contributed by atoms with Crippen LogP contribution in [-0.4, -0.2) is 37.3 Å². The summed E-state index contributed by atoms with van der Waals surface area (Å²) < 4.78 is 7.39. The lowest BCUT2D eigenvalue weighted by atomic mass is 9.85. The molecule has 0 saturated carbocycles. The first-order valence-electron chi connectivity index (χ1n) is 8.82. The normalized spacial score (nSPS) is 12.1. The van der Waals surface area contributed by atoms with Crippen molar-refractivity contribution in [2.24, 2.45) is 4.99 Å². The number of hydrogen-bond acceptors (Lipinski definition) is 2. The molecule has 0 aliphatic rings. The van der Waals surface area contributed by atoms with Gasteiger partial charge >= 0.3 is 0 Å². The minimum atomic E-state index is -0.0466. The summed E-state index contributed by atoms with van der Waals surface area (Å²) in [6.45, 7) is 9.81. The molecule has 0 amide bonds. The fourth-order valence-corrected chi connectivity index (χ4v) is 2.57. The SMILES string of the molecule is CCNC(=NCC(C)(C)c1ccc(OC)cc1)NCCn1cccc1. The number of aliphatic imine (C=N–C) groups is 1. The van der Waals surface area contributed by atoms with Gasteiger partial charge in [0.15, 0.2) is 5.96 Å². The predicted octanol–water partition coefficient (Wildman–Crippen LogP) is 3.03. The van der Waals surface area contributed by atoms with Gasteiger partial charge in [-0.25, -0.2) is 0 Å². The quantitative estimate of drug-likeness (QED) is 0.573. The maximum Gasteiger partial charge on any atom is 0.191 e. The third-order valence-corrected chi connectivity index (χ3v) is 4.18. The number of ether oxygens (including phenoxy) is 1. The zero-order valence-corrected chi connectivity index (χ0v) is 15.7. The maximum atomic E-state index is 5.24. The highest BCUT2D eigenvalue weighted by molar-refractivity contribution is 5.79.